The van der Waals surface area contributed by atoms with Gasteiger partial charge in [-0.05, 0) is 55.0 Å². The van der Waals surface area contributed by atoms with Crippen molar-refractivity contribution in [1.29, 1.82) is 0 Å². The van der Waals surface area contributed by atoms with E-state index in [1.165, 1.54) is 16.7 Å². The van der Waals surface area contributed by atoms with Crippen LogP contribution in [0.5, 0.6) is 0 Å². The Balaban J connectivity index is 0.00000264. The van der Waals surface area contributed by atoms with Crippen molar-refractivity contribution in [1.82, 2.24) is 0 Å². The van der Waals surface area contributed by atoms with Crippen molar-refractivity contribution in [2.24, 2.45) is 5.41 Å². The molecule has 2 rings (SSSR count). The second-order valence-corrected chi connectivity index (χ2v) is 7.90. The van der Waals surface area contributed by atoms with Gasteiger partial charge in [-0.15, -0.1) is 0 Å². The molecule has 23 heavy (non-hydrogen) atoms. The van der Waals surface area contributed by atoms with Gasteiger partial charge in [0.05, 0.1) is 0 Å². The van der Waals surface area contributed by atoms with Gasteiger partial charge in [0.1, 0.15) is 0 Å². The smallest absolute Gasteiger partial charge is 0.0245 e. The van der Waals surface area contributed by atoms with Crippen molar-refractivity contribution >= 4 is 0 Å². The first kappa shape index (κ1) is 19.0. The molecule has 0 aliphatic heterocycles. The molecule has 0 spiro atoms. The molecule has 0 atom stereocenters. The van der Waals surface area contributed by atoms with E-state index in [9.17, 15) is 0 Å². The lowest BCUT2D eigenvalue weighted by Crippen LogP contribution is -2.10. The monoisotopic (exact) mass is 306 g/mol. The first-order valence-electron chi connectivity index (χ1n) is 7.89. The van der Waals surface area contributed by atoms with Crippen molar-refractivity contribution in [3.05, 3.63) is 59.7 Å². The molecule has 0 aromatic heterocycles. The minimum Gasteiger partial charge on any atom is -0.0920 e. The molecule has 122 valence electrons. The van der Waals surface area contributed by atoms with E-state index in [0.717, 1.165) is 5.56 Å². The van der Waals surface area contributed by atoms with E-state index in [2.05, 4.69) is 102 Å². The second-order valence-electron chi connectivity index (χ2n) is 7.90. The van der Waals surface area contributed by atoms with Gasteiger partial charge >= 0.3 is 0 Å². The molecule has 0 saturated carbocycles. The van der Waals surface area contributed by atoms with Crippen LogP contribution in [0, 0.1) is 17.3 Å². The predicted octanol–water partition coefficient (Wildman–Crippen LogP) is 6.68. The average molecular weight is 306 g/mol. The summed E-state index contributed by atoms with van der Waals surface area (Å²) in [6.07, 6.45) is 0. The molecule has 0 saturated heterocycles. The third kappa shape index (κ3) is 5.61. The summed E-state index contributed by atoms with van der Waals surface area (Å²) in [5.74, 6) is 6.51. The Hall–Kier alpha value is -2.00. The van der Waals surface area contributed by atoms with Gasteiger partial charge in [-0.1, -0.05) is 76.4 Å². The molecule has 2 aromatic carbocycles. The minimum atomic E-state index is 0. The Morgan fingerprint density at radius 1 is 0.652 bits per heavy atom. The zero-order valence-electron chi connectivity index (χ0n) is 14.6. The van der Waals surface area contributed by atoms with E-state index < -0.39 is 0 Å². The molecule has 0 radical (unpaired) electrons. The largest absolute Gasteiger partial charge is 0.0920 e. The SMILES string of the molecule is C.CC(C)(C)C#Cc1ccc(-c2ccc(C(C)(C)C)cc2)cc1. The topological polar surface area (TPSA) is 0 Å². The maximum Gasteiger partial charge on any atom is 0.0245 e. The standard InChI is InChI=1S/C22H26.CH4/c1-21(2,3)16-15-17-7-9-18(10-8-17)19-11-13-20(14-12-19)22(4,5)6;/h7-14H,1-6H3;1H4. The van der Waals surface area contributed by atoms with Crippen LogP contribution in [0.4, 0.5) is 0 Å². The fourth-order valence-corrected chi connectivity index (χ4v) is 2.17. The van der Waals surface area contributed by atoms with Gasteiger partial charge in [-0.25, -0.2) is 0 Å². The maximum absolute atomic E-state index is 3.27. The van der Waals surface area contributed by atoms with Gasteiger partial charge in [0.2, 0.25) is 0 Å². The summed E-state index contributed by atoms with van der Waals surface area (Å²) < 4.78 is 0. The van der Waals surface area contributed by atoms with Crippen molar-refractivity contribution in [2.75, 3.05) is 0 Å². The van der Waals surface area contributed by atoms with Crippen LogP contribution in [0.2, 0.25) is 0 Å². The molecule has 0 aliphatic rings. The summed E-state index contributed by atoms with van der Waals surface area (Å²) in [6.45, 7) is 13.1. The van der Waals surface area contributed by atoms with E-state index in [1.54, 1.807) is 0 Å². The lowest BCUT2D eigenvalue weighted by atomic mass is 9.86. The molecule has 0 fully saturated rings. The van der Waals surface area contributed by atoms with Gasteiger partial charge < -0.3 is 0 Å². The van der Waals surface area contributed by atoms with Crippen LogP contribution < -0.4 is 0 Å². The Bertz CT molecular complexity index is 675. The zero-order chi connectivity index (χ0) is 16.4. The maximum atomic E-state index is 3.27. The van der Waals surface area contributed by atoms with Crippen molar-refractivity contribution in [3.63, 3.8) is 0 Å². The molecule has 0 bridgehead atoms. The van der Waals surface area contributed by atoms with Crippen molar-refractivity contribution in [3.8, 4) is 23.0 Å². The average Bonchev–Trinajstić information content (AvgIpc) is 2.44. The third-order valence-electron chi connectivity index (χ3n) is 3.55. The van der Waals surface area contributed by atoms with Crippen LogP contribution in [0.3, 0.4) is 0 Å². The summed E-state index contributed by atoms with van der Waals surface area (Å²) in [5, 5.41) is 0. The summed E-state index contributed by atoms with van der Waals surface area (Å²) in [6, 6.07) is 17.4. The lowest BCUT2D eigenvalue weighted by Gasteiger charge is -2.19. The fourth-order valence-electron chi connectivity index (χ4n) is 2.17. The van der Waals surface area contributed by atoms with Gasteiger partial charge in [0, 0.05) is 11.0 Å². The van der Waals surface area contributed by atoms with E-state index in [0.29, 0.717) is 0 Å². The summed E-state index contributed by atoms with van der Waals surface area (Å²) >= 11 is 0. The van der Waals surface area contributed by atoms with Gasteiger partial charge in [0.25, 0.3) is 0 Å². The Labute approximate surface area is 143 Å². The van der Waals surface area contributed by atoms with E-state index >= 15 is 0 Å². The quantitative estimate of drug-likeness (QED) is 0.515. The van der Waals surface area contributed by atoms with Crippen molar-refractivity contribution < 1.29 is 0 Å². The molecule has 0 amide bonds. The minimum absolute atomic E-state index is 0. The van der Waals surface area contributed by atoms with Crippen LogP contribution in [0.1, 0.15) is 60.1 Å². The molecule has 0 N–H and O–H groups in total. The highest BCUT2D eigenvalue weighted by Crippen LogP contribution is 2.26. The first-order valence-corrected chi connectivity index (χ1v) is 7.89. The Morgan fingerprint density at radius 2 is 1.09 bits per heavy atom. The number of benzene rings is 2. The highest BCUT2D eigenvalue weighted by molar-refractivity contribution is 5.64. The van der Waals surface area contributed by atoms with E-state index in [4.69, 9.17) is 0 Å². The molecular weight excluding hydrogens is 276 g/mol. The highest BCUT2D eigenvalue weighted by Gasteiger charge is 2.12. The second kappa shape index (κ2) is 7.05. The van der Waals surface area contributed by atoms with Crippen LogP contribution >= 0.6 is 0 Å². The van der Waals surface area contributed by atoms with Crippen molar-refractivity contribution in [2.45, 2.75) is 54.4 Å². The van der Waals surface area contributed by atoms with Gasteiger partial charge in [-0.2, -0.15) is 0 Å². The summed E-state index contributed by atoms with van der Waals surface area (Å²) in [5.41, 5.74) is 5.17. The van der Waals surface area contributed by atoms with E-state index in [1.807, 2.05) is 0 Å². The Morgan fingerprint density at radius 3 is 1.48 bits per heavy atom. The normalized spacial score (nSPS) is 11.2. The summed E-state index contributed by atoms with van der Waals surface area (Å²) in [7, 11) is 0. The van der Waals surface area contributed by atoms with Crippen LogP contribution in [-0.4, -0.2) is 0 Å². The number of rotatable bonds is 1. The molecular formula is C23H30. The zero-order valence-corrected chi connectivity index (χ0v) is 14.6. The summed E-state index contributed by atoms with van der Waals surface area (Å²) in [4.78, 5) is 0. The molecule has 2 aromatic rings. The first-order chi connectivity index (χ1) is 10.1. The fraction of sp³-hybridized carbons (Fsp3) is 0.391. The molecule has 0 heterocycles. The van der Waals surface area contributed by atoms with Crippen LogP contribution in [0.15, 0.2) is 48.5 Å². The third-order valence-corrected chi connectivity index (χ3v) is 3.55. The lowest BCUT2D eigenvalue weighted by molar-refractivity contribution is 0.571. The van der Waals surface area contributed by atoms with Gasteiger partial charge in [-0.3, -0.25) is 0 Å². The van der Waals surface area contributed by atoms with Crippen LogP contribution in [-0.2, 0) is 5.41 Å². The van der Waals surface area contributed by atoms with Gasteiger partial charge in [0.15, 0.2) is 0 Å². The molecule has 0 nitrogen and oxygen atoms in total. The van der Waals surface area contributed by atoms with E-state index in [-0.39, 0.29) is 18.3 Å². The Kier molecular flexibility index (Phi) is 5.84. The molecule has 0 aliphatic carbocycles. The molecule has 0 heteroatoms. The predicted molar refractivity (Wildman–Crippen MR) is 104 cm³/mol. The number of hydrogen-bond donors (Lipinski definition) is 0. The molecule has 0 unspecified atom stereocenters. The highest BCUT2D eigenvalue weighted by atomic mass is 14.2. The number of hydrogen-bond acceptors (Lipinski definition) is 0. The van der Waals surface area contributed by atoms with Crippen LogP contribution in [0.25, 0.3) is 11.1 Å².